The predicted octanol–water partition coefficient (Wildman–Crippen LogP) is 6.59. The fourth-order valence-electron chi connectivity index (χ4n) is 4.69. The molecule has 8 nitrogen and oxygen atoms in total. The van der Waals surface area contributed by atoms with Crippen LogP contribution in [0.3, 0.4) is 0 Å². The van der Waals surface area contributed by atoms with Crippen LogP contribution < -0.4 is 23.7 Å². The molecule has 0 amide bonds. The van der Waals surface area contributed by atoms with Gasteiger partial charge in [-0.25, -0.2) is 8.42 Å². The van der Waals surface area contributed by atoms with Crippen LogP contribution in [0.1, 0.15) is 55.1 Å². The van der Waals surface area contributed by atoms with Crippen LogP contribution in [0.15, 0.2) is 71.5 Å². The largest absolute Gasteiger partial charge is 0.493 e. The lowest BCUT2D eigenvalue weighted by atomic mass is 10.0. The Bertz CT molecular complexity index is 1390. The highest BCUT2D eigenvalue weighted by molar-refractivity contribution is 7.94. The van der Waals surface area contributed by atoms with E-state index in [1.807, 2.05) is 55.5 Å². The van der Waals surface area contributed by atoms with E-state index in [1.54, 1.807) is 27.4 Å². The summed E-state index contributed by atoms with van der Waals surface area (Å²) in [7, 11) is 0.845. The van der Waals surface area contributed by atoms with Crippen molar-refractivity contribution in [1.29, 1.82) is 0 Å². The Morgan fingerprint density at radius 3 is 2.00 bits per heavy atom. The van der Waals surface area contributed by atoms with Crippen molar-refractivity contribution in [2.24, 2.45) is 0 Å². The van der Waals surface area contributed by atoms with Gasteiger partial charge in [-0.15, -0.1) is 0 Å². The third-order valence-corrected chi connectivity index (χ3v) is 8.06. The monoisotopic (exact) mass is 568 g/mol. The van der Waals surface area contributed by atoms with Crippen molar-refractivity contribution in [3.05, 3.63) is 83.3 Å². The smallest absolute Gasteiger partial charge is 0.203 e. The van der Waals surface area contributed by atoms with Gasteiger partial charge in [0, 0.05) is 5.41 Å². The van der Waals surface area contributed by atoms with Crippen LogP contribution in [-0.2, 0) is 21.2 Å². The standard InChI is InChI=1S/C31H36O8S/c1-6-15-37-31-28(38-20-21-11-9-8-10-12-21)18-23(19-29(31)40(32,33)7-2)25-14-13-24(39-25)22-16-26(34-3)30(36-5)27(17-22)35-4/h7-12,16-19,24-25H,2,6,13-15,20H2,1,3-5H3/t24-,25-/m1/s1. The number of sulfone groups is 1. The molecule has 2 atom stereocenters. The molecular formula is C31H36O8S. The fourth-order valence-corrected chi connectivity index (χ4v) is 5.59. The van der Waals surface area contributed by atoms with E-state index in [4.69, 9.17) is 28.4 Å². The number of hydrogen-bond acceptors (Lipinski definition) is 8. The Hall–Kier alpha value is -3.69. The maximum absolute atomic E-state index is 13.1. The molecule has 0 saturated carbocycles. The van der Waals surface area contributed by atoms with Crippen LogP contribution in [0.2, 0.25) is 0 Å². The summed E-state index contributed by atoms with van der Waals surface area (Å²) in [6.07, 6.45) is 1.45. The lowest BCUT2D eigenvalue weighted by Gasteiger charge is -2.21. The van der Waals surface area contributed by atoms with E-state index in [0.717, 1.165) is 16.5 Å². The van der Waals surface area contributed by atoms with Gasteiger partial charge in [0.15, 0.2) is 23.0 Å². The zero-order valence-electron chi connectivity index (χ0n) is 23.3. The molecule has 4 rings (SSSR count). The molecule has 40 heavy (non-hydrogen) atoms. The summed E-state index contributed by atoms with van der Waals surface area (Å²) in [5, 5.41) is 0.931. The van der Waals surface area contributed by atoms with Crippen LogP contribution in [0.4, 0.5) is 0 Å². The molecule has 214 valence electrons. The summed E-state index contributed by atoms with van der Waals surface area (Å²) in [5.41, 5.74) is 2.50. The molecule has 9 heteroatoms. The molecule has 0 radical (unpaired) electrons. The number of hydrogen-bond donors (Lipinski definition) is 0. The average Bonchev–Trinajstić information content (AvgIpc) is 3.49. The molecule has 0 aliphatic carbocycles. The highest BCUT2D eigenvalue weighted by Gasteiger charge is 2.32. The van der Waals surface area contributed by atoms with Gasteiger partial charge >= 0.3 is 0 Å². The van der Waals surface area contributed by atoms with Crippen molar-refractivity contribution < 1.29 is 36.8 Å². The second kappa shape index (κ2) is 13.1. The molecule has 0 bridgehead atoms. The molecule has 1 fully saturated rings. The minimum Gasteiger partial charge on any atom is -0.493 e. The number of benzene rings is 3. The number of ether oxygens (including phenoxy) is 6. The second-order valence-electron chi connectivity index (χ2n) is 9.33. The van der Waals surface area contributed by atoms with Gasteiger partial charge in [0.2, 0.25) is 15.6 Å². The normalized spacial score (nSPS) is 16.8. The summed E-state index contributed by atoms with van der Waals surface area (Å²) in [6, 6.07) is 16.8. The third-order valence-electron chi connectivity index (χ3n) is 6.71. The molecule has 3 aromatic rings. The van der Waals surface area contributed by atoms with Crippen LogP contribution in [0.5, 0.6) is 28.7 Å². The van der Waals surface area contributed by atoms with Gasteiger partial charge < -0.3 is 28.4 Å². The summed E-state index contributed by atoms with van der Waals surface area (Å²) < 4.78 is 61.3. The molecule has 1 heterocycles. The number of rotatable bonds is 13. The van der Waals surface area contributed by atoms with E-state index >= 15 is 0 Å². The van der Waals surface area contributed by atoms with Gasteiger partial charge in [0.05, 0.1) is 40.1 Å². The van der Waals surface area contributed by atoms with E-state index in [9.17, 15) is 8.42 Å². The fraction of sp³-hybridized carbons (Fsp3) is 0.355. The van der Waals surface area contributed by atoms with Crippen molar-refractivity contribution in [1.82, 2.24) is 0 Å². The third kappa shape index (κ3) is 6.37. The zero-order valence-corrected chi connectivity index (χ0v) is 24.2. The second-order valence-corrected chi connectivity index (χ2v) is 11.2. The van der Waals surface area contributed by atoms with E-state index in [2.05, 4.69) is 6.58 Å². The molecule has 0 N–H and O–H groups in total. The highest BCUT2D eigenvalue weighted by Crippen LogP contribution is 2.48. The maximum atomic E-state index is 13.1. The first-order valence-electron chi connectivity index (χ1n) is 13.2. The van der Waals surface area contributed by atoms with Crippen molar-refractivity contribution in [2.45, 2.75) is 49.9 Å². The Morgan fingerprint density at radius 2 is 1.45 bits per heavy atom. The molecule has 0 aromatic heterocycles. The molecule has 1 aliphatic heterocycles. The first-order valence-corrected chi connectivity index (χ1v) is 14.7. The summed E-state index contributed by atoms with van der Waals surface area (Å²) in [5.74, 6) is 2.11. The van der Waals surface area contributed by atoms with Crippen molar-refractivity contribution in [3.8, 4) is 28.7 Å². The van der Waals surface area contributed by atoms with Crippen molar-refractivity contribution in [3.63, 3.8) is 0 Å². The summed E-state index contributed by atoms with van der Waals surface area (Å²) in [6.45, 7) is 6.07. The summed E-state index contributed by atoms with van der Waals surface area (Å²) >= 11 is 0. The lowest BCUT2D eigenvalue weighted by molar-refractivity contribution is 0.0434. The predicted molar refractivity (Wildman–Crippen MR) is 152 cm³/mol. The topological polar surface area (TPSA) is 89.5 Å². The molecular weight excluding hydrogens is 532 g/mol. The SMILES string of the molecule is C=CS(=O)(=O)c1cc([C@H]2CC[C@H](c3cc(OC)c(OC)c(OC)c3)O2)cc(OCc2ccccc2)c1OCCC. The molecule has 0 spiro atoms. The van der Waals surface area contributed by atoms with Gasteiger partial charge in [-0.3, -0.25) is 0 Å². The first kappa shape index (κ1) is 29.3. The van der Waals surface area contributed by atoms with E-state index in [-0.39, 0.29) is 29.5 Å². The van der Waals surface area contributed by atoms with E-state index in [0.29, 0.717) is 54.4 Å². The minimum absolute atomic E-state index is 0.0105. The van der Waals surface area contributed by atoms with Crippen LogP contribution in [-0.4, -0.2) is 36.4 Å². The van der Waals surface area contributed by atoms with Gasteiger partial charge in [0.25, 0.3) is 0 Å². The van der Waals surface area contributed by atoms with Gasteiger partial charge in [-0.05, 0) is 60.2 Å². The maximum Gasteiger partial charge on any atom is 0.203 e. The summed E-state index contributed by atoms with van der Waals surface area (Å²) in [4.78, 5) is 0.0105. The van der Waals surface area contributed by atoms with Gasteiger partial charge in [0.1, 0.15) is 11.5 Å². The molecule has 3 aromatic carbocycles. The Labute approximate surface area is 236 Å². The number of methoxy groups -OCH3 is 3. The van der Waals surface area contributed by atoms with Gasteiger partial charge in [-0.2, -0.15) is 0 Å². The lowest BCUT2D eigenvalue weighted by Crippen LogP contribution is -2.09. The minimum atomic E-state index is -3.85. The van der Waals surface area contributed by atoms with Gasteiger partial charge in [-0.1, -0.05) is 43.8 Å². The highest BCUT2D eigenvalue weighted by atomic mass is 32.2. The Balaban J connectivity index is 1.71. The molecule has 1 aliphatic rings. The average molecular weight is 569 g/mol. The van der Waals surface area contributed by atoms with E-state index in [1.165, 1.54) is 0 Å². The van der Waals surface area contributed by atoms with Crippen molar-refractivity contribution >= 4 is 9.84 Å². The first-order chi connectivity index (χ1) is 19.3. The van der Waals surface area contributed by atoms with E-state index < -0.39 is 9.84 Å². The zero-order chi connectivity index (χ0) is 28.7. The molecule has 0 unspecified atom stereocenters. The Kier molecular flexibility index (Phi) is 9.60. The van der Waals surface area contributed by atoms with Crippen LogP contribution in [0.25, 0.3) is 0 Å². The quantitative estimate of drug-likeness (QED) is 0.228. The Morgan fingerprint density at radius 1 is 0.850 bits per heavy atom. The van der Waals surface area contributed by atoms with Crippen LogP contribution in [0, 0.1) is 0 Å². The van der Waals surface area contributed by atoms with Crippen molar-refractivity contribution in [2.75, 3.05) is 27.9 Å². The van der Waals surface area contributed by atoms with Crippen LogP contribution >= 0.6 is 0 Å². The molecule has 1 saturated heterocycles.